The second kappa shape index (κ2) is 10.8. The van der Waals surface area contributed by atoms with Crippen molar-refractivity contribution in [2.24, 2.45) is 0 Å². The molecule has 0 spiro atoms. The highest BCUT2D eigenvalue weighted by Crippen LogP contribution is 2.35. The molecule has 1 aromatic carbocycles. The molecule has 0 amide bonds. The van der Waals surface area contributed by atoms with E-state index < -0.39 is 70.2 Å². The Morgan fingerprint density at radius 1 is 1.12 bits per heavy atom. The number of carbonyl (C=O) groups is 2. The summed E-state index contributed by atoms with van der Waals surface area (Å²) in [4.78, 5) is 49.5. The molecular weight excluding hydrogens is 587 g/mol. The van der Waals surface area contributed by atoms with Gasteiger partial charge in [-0.05, 0) is 28.2 Å². The molecular formula is C20H21IN2O10S. The summed E-state index contributed by atoms with van der Waals surface area (Å²) in [6.45, 7) is 1.79. The molecule has 12 nitrogen and oxygen atoms in total. The summed E-state index contributed by atoms with van der Waals surface area (Å²) in [5.74, 6) is -1.95. The molecule has 2 aromatic rings. The van der Waals surface area contributed by atoms with Crippen LogP contribution in [-0.4, -0.2) is 54.8 Å². The number of aromatic nitrogens is 2. The summed E-state index contributed by atoms with van der Waals surface area (Å²) in [5.41, 5.74) is -1.07. The number of rotatable bonds is 8. The van der Waals surface area contributed by atoms with Crippen LogP contribution in [0.5, 0.6) is 0 Å². The summed E-state index contributed by atoms with van der Waals surface area (Å²) in [7, 11) is -4.25. The molecule has 0 aliphatic carbocycles. The van der Waals surface area contributed by atoms with Crippen molar-refractivity contribution in [3.63, 3.8) is 0 Å². The number of carbonyl (C=O) groups excluding carboxylic acids is 2. The SMILES string of the molecule is CC(=O)OC[C@H]1O[C@@H](n2cc(I)c(=O)[nH]c2=O)[C@H](OC(C)=O)[C@H]1OS(=O)(=O)Cc1ccccc1. The van der Waals surface area contributed by atoms with Gasteiger partial charge in [0.1, 0.15) is 24.6 Å². The number of nitrogens with zero attached hydrogens (tertiary/aromatic N) is 1. The lowest BCUT2D eigenvalue weighted by Gasteiger charge is -2.24. The Kier molecular flexibility index (Phi) is 8.27. The fraction of sp³-hybridized carbons (Fsp3) is 0.400. The molecule has 184 valence electrons. The van der Waals surface area contributed by atoms with Crippen LogP contribution in [0.2, 0.25) is 0 Å². The third-order valence-corrected chi connectivity index (χ3v) is 6.65. The Morgan fingerprint density at radius 2 is 1.79 bits per heavy atom. The number of ether oxygens (including phenoxy) is 3. The van der Waals surface area contributed by atoms with Gasteiger partial charge in [-0.25, -0.2) is 4.79 Å². The van der Waals surface area contributed by atoms with E-state index in [0.29, 0.717) is 5.56 Å². The van der Waals surface area contributed by atoms with E-state index in [2.05, 4.69) is 4.98 Å². The van der Waals surface area contributed by atoms with Crippen LogP contribution in [0, 0.1) is 3.57 Å². The smallest absolute Gasteiger partial charge is 0.330 e. The molecule has 1 aliphatic rings. The predicted octanol–water partition coefficient (Wildman–Crippen LogP) is 0.449. The number of H-pyrrole nitrogens is 1. The molecule has 1 saturated heterocycles. The first-order valence-electron chi connectivity index (χ1n) is 9.89. The van der Waals surface area contributed by atoms with Gasteiger partial charge in [-0.15, -0.1) is 0 Å². The van der Waals surface area contributed by atoms with E-state index in [4.69, 9.17) is 18.4 Å². The number of halogens is 1. The van der Waals surface area contributed by atoms with Crippen LogP contribution in [-0.2, 0) is 43.9 Å². The van der Waals surface area contributed by atoms with Crippen molar-refractivity contribution in [2.75, 3.05) is 6.61 Å². The lowest BCUT2D eigenvalue weighted by molar-refractivity contribution is -0.155. The van der Waals surface area contributed by atoms with E-state index in [1.54, 1.807) is 52.9 Å². The molecule has 3 rings (SSSR count). The van der Waals surface area contributed by atoms with Gasteiger partial charge in [0.15, 0.2) is 12.3 Å². The van der Waals surface area contributed by atoms with Crippen molar-refractivity contribution in [1.82, 2.24) is 9.55 Å². The molecule has 4 atom stereocenters. The van der Waals surface area contributed by atoms with Crippen molar-refractivity contribution in [1.29, 1.82) is 0 Å². The van der Waals surface area contributed by atoms with E-state index in [-0.39, 0.29) is 3.57 Å². The second-order valence-corrected chi connectivity index (χ2v) is 10.1. The summed E-state index contributed by atoms with van der Waals surface area (Å²) in [6, 6.07) is 8.23. The maximum atomic E-state index is 12.8. The van der Waals surface area contributed by atoms with Gasteiger partial charge in [0, 0.05) is 20.0 Å². The molecule has 2 heterocycles. The normalized spacial score (nSPS) is 22.3. The van der Waals surface area contributed by atoms with Gasteiger partial charge in [0.05, 0.1) is 3.57 Å². The number of benzene rings is 1. The van der Waals surface area contributed by atoms with Crippen LogP contribution in [0.15, 0.2) is 46.1 Å². The lowest BCUT2D eigenvalue weighted by atomic mass is 10.1. The molecule has 1 N–H and O–H groups in total. The Balaban J connectivity index is 2.00. The number of esters is 2. The average molecular weight is 608 g/mol. The predicted molar refractivity (Wildman–Crippen MR) is 124 cm³/mol. The lowest BCUT2D eigenvalue weighted by Crippen LogP contribution is -2.43. The van der Waals surface area contributed by atoms with Crippen molar-refractivity contribution in [2.45, 2.75) is 44.1 Å². The number of hydrogen-bond acceptors (Lipinski definition) is 10. The number of nitrogens with one attached hydrogen (secondary N) is 1. The van der Waals surface area contributed by atoms with Crippen LogP contribution in [0.1, 0.15) is 25.6 Å². The maximum Gasteiger partial charge on any atom is 0.330 e. The Hall–Kier alpha value is -2.56. The first-order chi connectivity index (χ1) is 16.0. The van der Waals surface area contributed by atoms with Gasteiger partial charge in [-0.2, -0.15) is 8.42 Å². The largest absolute Gasteiger partial charge is 0.463 e. The summed E-state index contributed by atoms with van der Waals surface area (Å²) < 4.78 is 48.2. The molecule has 0 saturated carbocycles. The van der Waals surface area contributed by atoms with Gasteiger partial charge >= 0.3 is 17.6 Å². The third kappa shape index (κ3) is 6.52. The van der Waals surface area contributed by atoms with Gasteiger partial charge in [0.25, 0.3) is 15.7 Å². The number of aromatic amines is 1. The van der Waals surface area contributed by atoms with Gasteiger partial charge < -0.3 is 14.2 Å². The highest BCUT2D eigenvalue weighted by molar-refractivity contribution is 14.1. The highest BCUT2D eigenvalue weighted by atomic mass is 127. The van der Waals surface area contributed by atoms with Crippen molar-refractivity contribution in [3.8, 4) is 0 Å². The highest BCUT2D eigenvalue weighted by Gasteiger charge is 2.51. The van der Waals surface area contributed by atoms with Crippen LogP contribution < -0.4 is 11.2 Å². The summed E-state index contributed by atoms with van der Waals surface area (Å²) >= 11 is 1.69. The molecule has 0 unspecified atom stereocenters. The summed E-state index contributed by atoms with van der Waals surface area (Å²) in [6.07, 6.45) is -4.31. The fourth-order valence-electron chi connectivity index (χ4n) is 3.33. The van der Waals surface area contributed by atoms with Crippen LogP contribution in [0.3, 0.4) is 0 Å². The zero-order valence-corrected chi connectivity index (χ0v) is 21.0. The maximum absolute atomic E-state index is 12.8. The molecule has 34 heavy (non-hydrogen) atoms. The minimum absolute atomic E-state index is 0.125. The van der Waals surface area contributed by atoms with Crippen molar-refractivity contribution >= 4 is 44.6 Å². The molecule has 0 radical (unpaired) electrons. The molecule has 1 fully saturated rings. The van der Waals surface area contributed by atoms with E-state index >= 15 is 0 Å². The third-order valence-electron chi connectivity index (χ3n) is 4.68. The Morgan fingerprint density at radius 3 is 2.41 bits per heavy atom. The fourth-order valence-corrected chi connectivity index (χ4v) is 5.01. The molecule has 1 aromatic heterocycles. The topological polar surface area (TPSA) is 160 Å². The van der Waals surface area contributed by atoms with E-state index in [1.165, 1.54) is 6.20 Å². The minimum atomic E-state index is -4.25. The van der Waals surface area contributed by atoms with Gasteiger partial charge in [0.2, 0.25) is 0 Å². The summed E-state index contributed by atoms with van der Waals surface area (Å²) in [5, 5.41) is 0. The first-order valence-corrected chi connectivity index (χ1v) is 12.5. The van der Waals surface area contributed by atoms with Crippen LogP contribution >= 0.6 is 22.6 Å². The Labute approximate surface area is 207 Å². The zero-order valence-electron chi connectivity index (χ0n) is 18.0. The van der Waals surface area contributed by atoms with Gasteiger partial charge in [-0.3, -0.25) is 28.1 Å². The second-order valence-electron chi connectivity index (χ2n) is 7.33. The first kappa shape index (κ1) is 26.1. The molecule has 1 aliphatic heterocycles. The molecule has 0 bridgehead atoms. The monoisotopic (exact) mass is 608 g/mol. The Bertz CT molecular complexity index is 1270. The zero-order chi connectivity index (χ0) is 25.0. The van der Waals surface area contributed by atoms with E-state index in [1.807, 2.05) is 0 Å². The van der Waals surface area contributed by atoms with Crippen LogP contribution in [0.4, 0.5) is 0 Å². The number of hydrogen-bond donors (Lipinski definition) is 1. The van der Waals surface area contributed by atoms with Crippen LogP contribution in [0.25, 0.3) is 0 Å². The average Bonchev–Trinajstić information content (AvgIpc) is 3.05. The van der Waals surface area contributed by atoms with E-state index in [9.17, 15) is 27.6 Å². The minimum Gasteiger partial charge on any atom is -0.463 e. The van der Waals surface area contributed by atoms with Crippen molar-refractivity contribution in [3.05, 3.63) is 66.5 Å². The van der Waals surface area contributed by atoms with E-state index in [0.717, 1.165) is 18.4 Å². The van der Waals surface area contributed by atoms with Gasteiger partial charge in [-0.1, -0.05) is 30.3 Å². The quantitative estimate of drug-likeness (QED) is 0.253. The standard InChI is InChI=1S/C20H21IN2O10S/c1-11(24)30-9-15-16(33-34(28,29)10-13-6-4-3-5-7-13)17(31-12(2)25)19(32-15)23-8-14(21)18(26)22-20(23)27/h3-8,15-17,19H,9-10H2,1-2H3,(H,22,26,27)/t15-,16+,17-,19-/m1/s1. The molecule has 14 heteroatoms. The van der Waals surface area contributed by atoms with Crippen molar-refractivity contribution < 1.29 is 36.4 Å².